The smallest absolute Gasteiger partial charge is 0.233 e. The lowest BCUT2D eigenvalue weighted by molar-refractivity contribution is -0.128. The second kappa shape index (κ2) is 6.79. The van der Waals surface area contributed by atoms with E-state index in [1.165, 1.54) is 37.1 Å². The molecule has 0 bridgehead atoms. The lowest BCUT2D eigenvalue weighted by atomic mass is 10.1. The highest BCUT2D eigenvalue weighted by Crippen LogP contribution is 2.39. The molecule has 1 aromatic rings. The molecule has 0 aromatic heterocycles. The number of carbonyl (C=O) groups is 1. The van der Waals surface area contributed by atoms with Crippen LogP contribution < -0.4 is 0 Å². The van der Waals surface area contributed by atoms with E-state index in [9.17, 15) is 9.18 Å². The number of benzene rings is 1. The highest BCUT2D eigenvalue weighted by Gasteiger charge is 2.34. The third-order valence-corrected chi connectivity index (χ3v) is 5.48. The molecule has 5 heteroatoms. The summed E-state index contributed by atoms with van der Waals surface area (Å²) < 4.78 is 14.0. The van der Waals surface area contributed by atoms with Gasteiger partial charge >= 0.3 is 0 Å². The number of nitrogens with zero attached hydrogens (tertiary/aromatic N) is 2. The van der Waals surface area contributed by atoms with Crippen molar-refractivity contribution in [3.63, 3.8) is 0 Å². The molecule has 0 aliphatic carbocycles. The van der Waals surface area contributed by atoms with E-state index < -0.39 is 0 Å². The standard InChI is InChI=1S/C16H21FN2OS/c17-14-7-3-2-6-13(14)16-19(15(20)12-21-16)11-10-18-8-4-1-5-9-18/h2-3,6-7,16H,1,4-5,8-12H2/t16-/m0/s1. The van der Waals surface area contributed by atoms with Gasteiger partial charge in [0.2, 0.25) is 5.91 Å². The minimum atomic E-state index is -0.215. The summed E-state index contributed by atoms with van der Waals surface area (Å²) in [7, 11) is 0. The lowest BCUT2D eigenvalue weighted by Gasteiger charge is -2.30. The summed E-state index contributed by atoms with van der Waals surface area (Å²) in [6.07, 6.45) is 3.81. The summed E-state index contributed by atoms with van der Waals surface area (Å²) >= 11 is 1.53. The van der Waals surface area contributed by atoms with Gasteiger partial charge in [-0.05, 0) is 32.0 Å². The normalized spacial score (nSPS) is 23.8. The van der Waals surface area contributed by atoms with Crippen molar-refractivity contribution >= 4 is 17.7 Å². The minimum Gasteiger partial charge on any atom is -0.324 e. The van der Waals surface area contributed by atoms with Crippen molar-refractivity contribution in [2.75, 3.05) is 31.9 Å². The fourth-order valence-corrected chi connectivity index (χ4v) is 4.30. The maximum atomic E-state index is 14.0. The zero-order valence-electron chi connectivity index (χ0n) is 12.1. The number of hydrogen-bond donors (Lipinski definition) is 0. The van der Waals surface area contributed by atoms with Gasteiger partial charge in [-0.25, -0.2) is 4.39 Å². The van der Waals surface area contributed by atoms with Gasteiger partial charge in [-0.2, -0.15) is 0 Å². The topological polar surface area (TPSA) is 23.6 Å². The van der Waals surface area contributed by atoms with E-state index in [0.29, 0.717) is 17.9 Å². The van der Waals surface area contributed by atoms with Crippen molar-refractivity contribution < 1.29 is 9.18 Å². The molecule has 2 saturated heterocycles. The first-order chi connectivity index (χ1) is 10.3. The van der Waals surface area contributed by atoms with Gasteiger partial charge in [0.05, 0.1) is 5.75 Å². The number of hydrogen-bond acceptors (Lipinski definition) is 3. The summed E-state index contributed by atoms with van der Waals surface area (Å²) in [5.74, 6) is 0.372. The zero-order chi connectivity index (χ0) is 14.7. The van der Waals surface area contributed by atoms with Crippen LogP contribution >= 0.6 is 11.8 Å². The molecule has 21 heavy (non-hydrogen) atoms. The second-order valence-corrected chi connectivity index (χ2v) is 6.74. The maximum Gasteiger partial charge on any atom is 0.233 e. The van der Waals surface area contributed by atoms with E-state index >= 15 is 0 Å². The number of piperidine rings is 1. The van der Waals surface area contributed by atoms with Crippen LogP contribution in [0.4, 0.5) is 4.39 Å². The fourth-order valence-electron chi connectivity index (χ4n) is 3.06. The van der Waals surface area contributed by atoms with Gasteiger partial charge in [-0.15, -0.1) is 11.8 Å². The third kappa shape index (κ3) is 3.40. The average molecular weight is 308 g/mol. The molecule has 1 aromatic carbocycles. The molecule has 0 saturated carbocycles. The van der Waals surface area contributed by atoms with Crippen LogP contribution in [-0.4, -0.2) is 47.6 Å². The van der Waals surface area contributed by atoms with E-state index in [1.807, 2.05) is 11.0 Å². The number of likely N-dealkylation sites (tertiary alicyclic amines) is 1. The van der Waals surface area contributed by atoms with Gasteiger partial charge in [-0.1, -0.05) is 24.6 Å². The van der Waals surface area contributed by atoms with Crippen LogP contribution in [0.2, 0.25) is 0 Å². The molecule has 0 radical (unpaired) electrons. The van der Waals surface area contributed by atoms with Crippen LogP contribution in [0.15, 0.2) is 24.3 Å². The number of thioether (sulfide) groups is 1. The van der Waals surface area contributed by atoms with Crippen LogP contribution in [0.1, 0.15) is 30.2 Å². The van der Waals surface area contributed by atoms with E-state index in [4.69, 9.17) is 0 Å². The molecule has 0 unspecified atom stereocenters. The molecular formula is C16H21FN2OS. The van der Waals surface area contributed by atoms with Crippen molar-refractivity contribution in [1.29, 1.82) is 0 Å². The number of carbonyl (C=O) groups excluding carboxylic acids is 1. The molecule has 3 rings (SSSR count). The highest BCUT2D eigenvalue weighted by molar-refractivity contribution is 8.00. The molecule has 0 N–H and O–H groups in total. The van der Waals surface area contributed by atoms with Crippen LogP contribution in [0.25, 0.3) is 0 Å². The van der Waals surface area contributed by atoms with Gasteiger partial charge in [0, 0.05) is 18.7 Å². The Morgan fingerprint density at radius 1 is 1.14 bits per heavy atom. The predicted molar refractivity (Wildman–Crippen MR) is 83.6 cm³/mol. The third-order valence-electron chi connectivity index (χ3n) is 4.25. The first kappa shape index (κ1) is 14.9. The van der Waals surface area contributed by atoms with Crippen molar-refractivity contribution in [1.82, 2.24) is 9.80 Å². The van der Waals surface area contributed by atoms with E-state index in [2.05, 4.69) is 4.90 Å². The summed E-state index contributed by atoms with van der Waals surface area (Å²) in [5.41, 5.74) is 0.631. The molecule has 2 aliphatic heterocycles. The number of rotatable bonds is 4. The summed E-state index contributed by atoms with van der Waals surface area (Å²) in [6.45, 7) is 3.85. The van der Waals surface area contributed by atoms with Crippen LogP contribution in [0, 0.1) is 5.82 Å². The van der Waals surface area contributed by atoms with Crippen molar-refractivity contribution in [3.05, 3.63) is 35.6 Å². The Bertz CT molecular complexity index is 505. The van der Waals surface area contributed by atoms with Gasteiger partial charge in [-0.3, -0.25) is 4.79 Å². The largest absolute Gasteiger partial charge is 0.324 e. The SMILES string of the molecule is O=C1CS[C@@H](c2ccccc2F)N1CCN1CCCCC1. The second-order valence-electron chi connectivity index (χ2n) is 5.67. The van der Waals surface area contributed by atoms with E-state index in [0.717, 1.165) is 19.6 Å². The minimum absolute atomic E-state index is 0.130. The molecule has 2 aliphatic rings. The zero-order valence-corrected chi connectivity index (χ0v) is 12.9. The van der Waals surface area contributed by atoms with E-state index in [1.54, 1.807) is 12.1 Å². The molecule has 3 nitrogen and oxygen atoms in total. The average Bonchev–Trinajstić information content (AvgIpc) is 2.88. The molecule has 1 amide bonds. The molecular weight excluding hydrogens is 287 g/mol. The van der Waals surface area contributed by atoms with Crippen molar-refractivity contribution in [2.45, 2.75) is 24.6 Å². The maximum absolute atomic E-state index is 14.0. The Labute approximate surface area is 129 Å². The monoisotopic (exact) mass is 308 g/mol. The Morgan fingerprint density at radius 3 is 2.67 bits per heavy atom. The Balaban J connectivity index is 1.66. The first-order valence-electron chi connectivity index (χ1n) is 7.63. The van der Waals surface area contributed by atoms with Crippen LogP contribution in [0.5, 0.6) is 0 Å². The first-order valence-corrected chi connectivity index (χ1v) is 8.68. The Kier molecular flexibility index (Phi) is 4.80. The molecule has 1 atom stereocenters. The summed E-state index contributed by atoms with van der Waals surface area (Å²) in [6, 6.07) is 6.80. The summed E-state index contributed by atoms with van der Waals surface area (Å²) in [5, 5.41) is -0.163. The van der Waals surface area contributed by atoms with Crippen molar-refractivity contribution in [3.8, 4) is 0 Å². The summed E-state index contributed by atoms with van der Waals surface area (Å²) in [4.78, 5) is 16.4. The molecule has 0 spiro atoms. The Hall–Kier alpha value is -1.07. The quantitative estimate of drug-likeness (QED) is 0.854. The van der Waals surface area contributed by atoms with Gasteiger partial charge < -0.3 is 9.80 Å². The number of halogens is 1. The van der Waals surface area contributed by atoms with Crippen LogP contribution in [-0.2, 0) is 4.79 Å². The van der Waals surface area contributed by atoms with Gasteiger partial charge in [0.1, 0.15) is 11.2 Å². The predicted octanol–water partition coefficient (Wildman–Crippen LogP) is 2.89. The van der Waals surface area contributed by atoms with Gasteiger partial charge in [0.15, 0.2) is 0 Å². The van der Waals surface area contributed by atoms with E-state index in [-0.39, 0.29) is 17.1 Å². The Morgan fingerprint density at radius 2 is 1.90 bits per heavy atom. The highest BCUT2D eigenvalue weighted by atomic mass is 32.2. The van der Waals surface area contributed by atoms with Crippen LogP contribution in [0.3, 0.4) is 0 Å². The number of amides is 1. The molecule has 114 valence electrons. The lowest BCUT2D eigenvalue weighted by Crippen LogP contribution is -2.39. The van der Waals surface area contributed by atoms with Crippen molar-refractivity contribution in [2.24, 2.45) is 0 Å². The fraction of sp³-hybridized carbons (Fsp3) is 0.562. The molecule has 2 fully saturated rings. The molecule has 2 heterocycles. The van der Waals surface area contributed by atoms with Gasteiger partial charge in [0.25, 0.3) is 0 Å².